The van der Waals surface area contributed by atoms with Crippen molar-refractivity contribution in [3.8, 4) is 0 Å². The number of hydrogen-bond acceptors (Lipinski definition) is 4. The second-order valence-corrected chi connectivity index (χ2v) is 6.14. The Kier molecular flexibility index (Phi) is 5.08. The molecule has 1 aliphatic heterocycles. The van der Waals surface area contributed by atoms with E-state index in [0.29, 0.717) is 12.0 Å². The van der Waals surface area contributed by atoms with E-state index in [1.807, 2.05) is 4.90 Å². The molecule has 0 aromatic heterocycles. The summed E-state index contributed by atoms with van der Waals surface area (Å²) in [7, 11) is 2.83. The van der Waals surface area contributed by atoms with Gasteiger partial charge in [0, 0.05) is 19.2 Å². The number of methoxy groups -OCH3 is 2. The van der Waals surface area contributed by atoms with Gasteiger partial charge in [-0.25, -0.2) is 4.79 Å². The maximum atomic E-state index is 12.9. The summed E-state index contributed by atoms with van der Waals surface area (Å²) in [5, 5.41) is 2.62. The van der Waals surface area contributed by atoms with Gasteiger partial charge in [-0.05, 0) is 39.0 Å². The molecule has 2 unspecified atom stereocenters. The van der Waals surface area contributed by atoms with Crippen molar-refractivity contribution in [2.45, 2.75) is 63.8 Å². The number of ether oxygens (including phenoxy) is 2. The predicted molar refractivity (Wildman–Crippen MR) is 77.9 cm³/mol. The highest BCUT2D eigenvalue weighted by Crippen LogP contribution is 2.41. The van der Waals surface area contributed by atoms with Gasteiger partial charge in [0.05, 0.1) is 13.2 Å². The Balaban J connectivity index is 2.14. The minimum Gasteiger partial charge on any atom is -0.453 e. The van der Waals surface area contributed by atoms with Gasteiger partial charge < -0.3 is 19.7 Å². The summed E-state index contributed by atoms with van der Waals surface area (Å²) in [6.07, 6.45) is 3.50. The van der Waals surface area contributed by atoms with Gasteiger partial charge in [-0.2, -0.15) is 0 Å². The number of hydrogen-bond donors (Lipinski definition) is 1. The fourth-order valence-corrected chi connectivity index (χ4v) is 3.78. The van der Waals surface area contributed by atoms with E-state index in [9.17, 15) is 9.59 Å². The Morgan fingerprint density at radius 2 is 2.00 bits per heavy atom. The van der Waals surface area contributed by atoms with Crippen LogP contribution in [0.1, 0.15) is 39.5 Å². The lowest BCUT2D eigenvalue weighted by Crippen LogP contribution is -2.56. The van der Waals surface area contributed by atoms with Crippen LogP contribution in [0.25, 0.3) is 0 Å². The predicted octanol–water partition coefficient (Wildman–Crippen LogP) is 1.54. The van der Waals surface area contributed by atoms with E-state index in [2.05, 4.69) is 17.0 Å². The van der Waals surface area contributed by atoms with Gasteiger partial charge in [0.15, 0.2) is 0 Å². The first-order valence-corrected chi connectivity index (χ1v) is 7.69. The molecule has 1 saturated heterocycles. The molecule has 1 saturated carbocycles. The van der Waals surface area contributed by atoms with E-state index in [4.69, 9.17) is 4.74 Å². The van der Waals surface area contributed by atoms with Crippen LogP contribution in [0, 0.1) is 5.92 Å². The second-order valence-electron chi connectivity index (χ2n) is 6.14. The molecule has 0 radical (unpaired) electrons. The SMILES string of the molecule is COC(=O)N[C@H](C(=O)N1[C@H](C)CC2CCC[C@@H]21)C(C)OC. The second kappa shape index (κ2) is 6.64. The molecule has 5 atom stereocenters. The lowest BCUT2D eigenvalue weighted by atomic mass is 10.0. The number of nitrogens with one attached hydrogen (secondary N) is 1. The molecule has 0 bridgehead atoms. The van der Waals surface area contributed by atoms with E-state index in [1.165, 1.54) is 27.1 Å². The largest absolute Gasteiger partial charge is 0.453 e. The van der Waals surface area contributed by atoms with Crippen LogP contribution in [0.3, 0.4) is 0 Å². The maximum absolute atomic E-state index is 12.9. The van der Waals surface area contributed by atoms with Crippen LogP contribution >= 0.6 is 0 Å². The first kappa shape index (κ1) is 16.1. The maximum Gasteiger partial charge on any atom is 0.407 e. The number of fused-ring (bicyclic) bond motifs is 1. The van der Waals surface area contributed by atoms with Crippen molar-refractivity contribution < 1.29 is 19.1 Å². The third-order valence-corrected chi connectivity index (χ3v) is 4.92. The summed E-state index contributed by atoms with van der Waals surface area (Å²) in [5.41, 5.74) is 0. The molecule has 120 valence electrons. The average molecular weight is 298 g/mol. The zero-order chi connectivity index (χ0) is 15.6. The zero-order valence-electron chi connectivity index (χ0n) is 13.3. The van der Waals surface area contributed by atoms with Crippen molar-refractivity contribution >= 4 is 12.0 Å². The van der Waals surface area contributed by atoms with Gasteiger partial charge in [0.1, 0.15) is 6.04 Å². The van der Waals surface area contributed by atoms with Gasteiger partial charge in [-0.3, -0.25) is 4.79 Å². The normalized spacial score (nSPS) is 30.7. The molecule has 6 nitrogen and oxygen atoms in total. The Labute approximate surface area is 126 Å². The molecule has 2 amide bonds. The standard InChI is InChI=1S/C15H26N2O4/c1-9-8-11-6-5-7-12(11)17(9)14(18)13(10(2)20-3)16-15(19)21-4/h9-13H,5-8H2,1-4H3,(H,16,19)/t9-,10?,11?,12+,13+/m1/s1. The summed E-state index contributed by atoms with van der Waals surface area (Å²) in [6, 6.07) is -0.165. The van der Waals surface area contributed by atoms with Crippen LogP contribution in [-0.4, -0.2) is 55.3 Å². The number of alkyl carbamates (subject to hydrolysis) is 1. The summed E-state index contributed by atoms with van der Waals surface area (Å²) in [6.45, 7) is 3.87. The molecule has 0 spiro atoms. The molecule has 2 fully saturated rings. The van der Waals surface area contributed by atoms with Crippen LogP contribution in [-0.2, 0) is 14.3 Å². The van der Waals surface area contributed by atoms with E-state index in [-0.39, 0.29) is 11.9 Å². The number of carbonyl (C=O) groups is 2. The van der Waals surface area contributed by atoms with Crippen molar-refractivity contribution in [2.75, 3.05) is 14.2 Å². The molecule has 0 aromatic rings. The quantitative estimate of drug-likeness (QED) is 0.855. The molecule has 1 heterocycles. The first-order valence-electron chi connectivity index (χ1n) is 7.69. The van der Waals surface area contributed by atoms with E-state index in [1.54, 1.807) is 6.92 Å². The lowest BCUT2D eigenvalue weighted by Gasteiger charge is -2.33. The van der Waals surface area contributed by atoms with E-state index in [0.717, 1.165) is 12.8 Å². The fraction of sp³-hybridized carbons (Fsp3) is 0.867. The van der Waals surface area contributed by atoms with Crippen molar-refractivity contribution in [1.29, 1.82) is 0 Å². The van der Waals surface area contributed by atoms with Crippen LogP contribution in [0.15, 0.2) is 0 Å². The van der Waals surface area contributed by atoms with E-state index >= 15 is 0 Å². The Morgan fingerprint density at radius 1 is 1.29 bits per heavy atom. The number of amides is 2. The molecule has 21 heavy (non-hydrogen) atoms. The molecule has 1 aliphatic carbocycles. The fourth-order valence-electron chi connectivity index (χ4n) is 3.78. The highest BCUT2D eigenvalue weighted by Gasteiger charge is 2.46. The summed E-state index contributed by atoms with van der Waals surface area (Å²) < 4.78 is 9.89. The zero-order valence-corrected chi connectivity index (χ0v) is 13.3. The van der Waals surface area contributed by atoms with Crippen molar-refractivity contribution in [1.82, 2.24) is 10.2 Å². The highest BCUT2D eigenvalue weighted by molar-refractivity contribution is 5.87. The van der Waals surface area contributed by atoms with Gasteiger partial charge in [0.25, 0.3) is 0 Å². The van der Waals surface area contributed by atoms with Crippen molar-refractivity contribution in [2.24, 2.45) is 5.92 Å². The van der Waals surface area contributed by atoms with Crippen LogP contribution in [0.5, 0.6) is 0 Å². The highest BCUT2D eigenvalue weighted by atomic mass is 16.5. The Morgan fingerprint density at radius 3 is 2.62 bits per heavy atom. The number of carbonyl (C=O) groups excluding carboxylic acids is 2. The number of nitrogens with zero attached hydrogens (tertiary/aromatic N) is 1. The van der Waals surface area contributed by atoms with Crippen LogP contribution < -0.4 is 5.32 Å². The third kappa shape index (κ3) is 3.15. The molecule has 1 N–H and O–H groups in total. The number of rotatable bonds is 4. The van der Waals surface area contributed by atoms with Crippen LogP contribution in [0.4, 0.5) is 4.79 Å². The molecule has 2 aliphatic rings. The minimum atomic E-state index is -0.704. The monoisotopic (exact) mass is 298 g/mol. The molecular weight excluding hydrogens is 272 g/mol. The topological polar surface area (TPSA) is 67.9 Å². The van der Waals surface area contributed by atoms with Crippen LogP contribution in [0.2, 0.25) is 0 Å². The first-order chi connectivity index (χ1) is 9.99. The van der Waals surface area contributed by atoms with Crippen molar-refractivity contribution in [3.63, 3.8) is 0 Å². The minimum absolute atomic E-state index is 0.0587. The summed E-state index contributed by atoms with van der Waals surface area (Å²) in [4.78, 5) is 26.4. The number of likely N-dealkylation sites (tertiary alicyclic amines) is 1. The van der Waals surface area contributed by atoms with Crippen molar-refractivity contribution in [3.05, 3.63) is 0 Å². The molecule has 2 rings (SSSR count). The molecule has 0 aromatic carbocycles. The Bertz CT molecular complexity index is 401. The van der Waals surface area contributed by atoms with Gasteiger partial charge in [-0.1, -0.05) is 6.42 Å². The van der Waals surface area contributed by atoms with Gasteiger partial charge in [0.2, 0.25) is 5.91 Å². The smallest absolute Gasteiger partial charge is 0.407 e. The van der Waals surface area contributed by atoms with E-state index < -0.39 is 18.2 Å². The third-order valence-electron chi connectivity index (χ3n) is 4.92. The van der Waals surface area contributed by atoms with Gasteiger partial charge in [-0.15, -0.1) is 0 Å². The molecular formula is C15H26N2O4. The summed E-state index contributed by atoms with van der Waals surface area (Å²) >= 11 is 0. The lowest BCUT2D eigenvalue weighted by molar-refractivity contribution is -0.139. The summed E-state index contributed by atoms with van der Waals surface area (Å²) in [5.74, 6) is 0.553. The molecule has 6 heteroatoms. The Hall–Kier alpha value is -1.30. The average Bonchev–Trinajstić information content (AvgIpc) is 3.02. The van der Waals surface area contributed by atoms with Gasteiger partial charge >= 0.3 is 6.09 Å².